The van der Waals surface area contributed by atoms with Crippen LogP contribution in [0.4, 0.5) is 0 Å². The molecule has 0 fully saturated rings. The minimum atomic E-state index is -2.52. The third kappa shape index (κ3) is 19.8. The Balaban J connectivity index is 0.000000120. The first-order valence-electron chi connectivity index (χ1n) is 40.7. The molecule has 0 amide bonds. The van der Waals surface area contributed by atoms with Crippen LogP contribution in [0.25, 0.3) is 90.3 Å². The van der Waals surface area contributed by atoms with Gasteiger partial charge in [-0.2, -0.15) is 0 Å². The van der Waals surface area contributed by atoms with Crippen LogP contribution in [0.15, 0.2) is 462 Å². The molecular weight excluding hydrogens is 1500 g/mol. The molecule has 0 N–H and O–H groups in total. The predicted molar refractivity (Wildman–Crippen MR) is 507 cm³/mol. The van der Waals surface area contributed by atoms with Gasteiger partial charge in [0.05, 0.1) is 22.8 Å². The Morgan fingerprint density at radius 1 is 0.165 bits per heavy atom. The normalized spacial score (nSPS) is 10.9. The van der Waals surface area contributed by atoms with Crippen molar-refractivity contribution in [1.29, 1.82) is 0 Å². The molecule has 0 saturated heterocycles. The summed E-state index contributed by atoms with van der Waals surface area (Å²) in [6.45, 7) is 10.3. The molecule has 0 aliphatic rings. The molecule has 0 bridgehead atoms. The molecule has 0 aliphatic heterocycles. The Labute approximate surface area is 712 Å². The first kappa shape index (κ1) is 81.1. The summed E-state index contributed by atoms with van der Waals surface area (Å²) in [4.78, 5) is 40.1. The maximum absolute atomic E-state index is 4.69. The van der Waals surface area contributed by atoms with Crippen molar-refractivity contribution in [3.05, 3.63) is 490 Å². The van der Waals surface area contributed by atoms with E-state index in [9.17, 15) is 0 Å². The van der Waals surface area contributed by atoms with Crippen molar-refractivity contribution in [2.24, 2.45) is 0 Å². The van der Waals surface area contributed by atoms with Crippen LogP contribution in [0.3, 0.4) is 0 Å². The van der Waals surface area contributed by atoms with Crippen molar-refractivity contribution in [2.45, 2.75) is 34.6 Å². The van der Waals surface area contributed by atoms with Crippen molar-refractivity contribution in [3.63, 3.8) is 0 Å². The number of hydrogen-bond acceptors (Lipinski definition) is 9. The Morgan fingerprint density at radius 2 is 0.463 bits per heavy atom. The van der Waals surface area contributed by atoms with Crippen LogP contribution in [0, 0.1) is 34.6 Å². The Hall–Kier alpha value is -15.0. The molecule has 121 heavy (non-hydrogen) atoms. The highest BCUT2D eigenvalue weighted by Crippen LogP contribution is 2.28. The number of pyridine rings is 2. The summed E-state index contributed by atoms with van der Waals surface area (Å²) >= 11 is 0. The molecule has 19 aromatic rings. The lowest BCUT2D eigenvalue weighted by molar-refractivity contribution is 1.06. The molecule has 5 aromatic heterocycles. The van der Waals surface area contributed by atoms with Crippen LogP contribution in [0.2, 0.25) is 0 Å². The zero-order chi connectivity index (χ0) is 82.8. The molecular formula is C110H91N9Si2. The van der Waals surface area contributed by atoms with E-state index in [4.69, 9.17) is 0 Å². The molecule has 0 radical (unpaired) electrons. The summed E-state index contributed by atoms with van der Waals surface area (Å²) in [6, 6.07) is 152. The molecule has 0 unspecified atom stereocenters. The average Bonchev–Trinajstić information content (AvgIpc) is 0.737. The number of aryl methyl sites for hydroxylation is 5. The molecule has 19 rings (SSSR count). The summed E-state index contributed by atoms with van der Waals surface area (Å²) in [6.07, 6.45) is 8.97. The SMILES string of the molecule is Cc1ccc(-c2ccnc(-c3ccccc3)c2)cc1.Cc1ccc(-c2nccc(-c3ccccc3)n2)cc1.Cc1ccc(-c2ncnc(-c3ccccc3)n2)cc1.Cc1ccnc(-c2cccc([Si](c3ccccc3)(c3ccccc3)c3ccccc3)c2)c1.Cc1nccc(-c2cccc([Si](c3ccccc3)(c3ccccc3)c3ccccc3)c2)n1. The lowest BCUT2D eigenvalue weighted by Crippen LogP contribution is -2.74. The monoisotopic (exact) mass is 1590 g/mol. The van der Waals surface area contributed by atoms with Crippen molar-refractivity contribution in [3.8, 4) is 90.3 Å². The van der Waals surface area contributed by atoms with Gasteiger partial charge in [-0.3, -0.25) is 9.97 Å². The van der Waals surface area contributed by atoms with E-state index in [1.165, 1.54) is 74.9 Å². The standard InChI is InChI=1S/C30H25NSi.C29H24N2Si.C18H15N.C17H14N2.C16H13N3/c1-24-20-21-31-30(22-24)25-12-11-19-29(23-25)32(26-13-5-2-6-14-26,27-15-7-3-8-16-27)28-17-9-4-10-18-28;1-23-30-21-20-29(31-23)24-12-11-19-28(22-24)32(25-13-5-2-6-14-25,26-15-7-3-8-16-26)27-17-9-4-10-18-27;1-14-7-9-15(10-8-14)17-11-12-19-18(13-17)16-5-3-2-4-6-16;1-13-7-9-15(10-8-13)17-18-12-11-16(19-17)14-5-3-2-4-6-14;1-12-7-9-14(10-8-12)16-18-11-17-15(19-16)13-5-3-2-4-6-13/h2-23H,1H3;2-22H,1H3;2-13H,1H3;2-12H,1H3;2-11H,1H3. The molecule has 0 atom stereocenters. The molecule has 0 aliphatic carbocycles. The predicted octanol–water partition coefficient (Wildman–Crippen LogP) is 20.6. The fourth-order valence-electron chi connectivity index (χ4n) is 15.2. The molecule has 0 spiro atoms. The lowest BCUT2D eigenvalue weighted by atomic mass is 10.0. The third-order valence-electron chi connectivity index (χ3n) is 21.3. The van der Waals surface area contributed by atoms with Gasteiger partial charge in [-0.25, -0.2) is 34.9 Å². The van der Waals surface area contributed by atoms with E-state index in [1.54, 1.807) is 6.33 Å². The van der Waals surface area contributed by atoms with Gasteiger partial charge < -0.3 is 0 Å². The number of nitrogens with zero attached hydrogens (tertiary/aromatic N) is 9. The van der Waals surface area contributed by atoms with Gasteiger partial charge in [-0.15, -0.1) is 0 Å². The van der Waals surface area contributed by atoms with Crippen molar-refractivity contribution in [1.82, 2.24) is 44.9 Å². The summed E-state index contributed by atoms with van der Waals surface area (Å²) in [5.74, 6) is 2.95. The minimum Gasteiger partial charge on any atom is -0.256 e. The summed E-state index contributed by atoms with van der Waals surface area (Å²) in [5.41, 5.74) is 18.9. The van der Waals surface area contributed by atoms with E-state index < -0.39 is 16.1 Å². The average molecular weight is 1600 g/mol. The first-order valence-corrected chi connectivity index (χ1v) is 44.7. The quantitative estimate of drug-likeness (QED) is 0.0689. The van der Waals surface area contributed by atoms with Crippen molar-refractivity contribution >= 4 is 57.6 Å². The number of rotatable bonds is 16. The van der Waals surface area contributed by atoms with E-state index >= 15 is 0 Å². The van der Waals surface area contributed by atoms with Gasteiger partial charge in [0.25, 0.3) is 0 Å². The van der Waals surface area contributed by atoms with Gasteiger partial charge in [-0.05, 0) is 129 Å². The van der Waals surface area contributed by atoms with Gasteiger partial charge in [0.2, 0.25) is 0 Å². The lowest BCUT2D eigenvalue weighted by Gasteiger charge is -2.34. The molecule has 11 heteroatoms. The molecule has 584 valence electrons. The van der Waals surface area contributed by atoms with Crippen molar-refractivity contribution in [2.75, 3.05) is 0 Å². The minimum absolute atomic E-state index is 0.700. The summed E-state index contributed by atoms with van der Waals surface area (Å²) in [5, 5.41) is 11.0. The number of benzene rings is 14. The summed E-state index contributed by atoms with van der Waals surface area (Å²) < 4.78 is 0. The van der Waals surface area contributed by atoms with Gasteiger partial charge in [-0.1, -0.05) is 411 Å². The second-order valence-electron chi connectivity index (χ2n) is 29.6. The van der Waals surface area contributed by atoms with Crippen molar-refractivity contribution < 1.29 is 0 Å². The van der Waals surface area contributed by atoms with Crippen LogP contribution >= 0.6 is 0 Å². The highest BCUT2D eigenvalue weighted by Gasteiger charge is 2.43. The zero-order valence-corrected chi connectivity index (χ0v) is 70.4. The first-order chi connectivity index (χ1) is 59.5. The van der Waals surface area contributed by atoms with Crippen LogP contribution in [0.5, 0.6) is 0 Å². The molecule has 9 nitrogen and oxygen atoms in total. The number of hydrogen-bond donors (Lipinski definition) is 0. The summed E-state index contributed by atoms with van der Waals surface area (Å²) in [7, 11) is -5.03. The maximum Gasteiger partial charge on any atom is 0.179 e. The highest BCUT2D eigenvalue weighted by atomic mass is 28.3. The Morgan fingerprint density at radius 3 is 0.860 bits per heavy atom. The Kier molecular flexibility index (Phi) is 26.7. The fraction of sp³-hybridized carbons (Fsp3) is 0.0455. The highest BCUT2D eigenvalue weighted by molar-refractivity contribution is 7.20. The van der Waals surface area contributed by atoms with Crippen LogP contribution < -0.4 is 41.5 Å². The topological polar surface area (TPSA) is 116 Å². The van der Waals surface area contributed by atoms with Gasteiger partial charge in [0, 0.05) is 63.7 Å². The largest absolute Gasteiger partial charge is 0.256 e. The smallest absolute Gasteiger partial charge is 0.179 e. The third-order valence-corrected chi connectivity index (χ3v) is 30.8. The fourth-order valence-corrected chi connectivity index (χ4v) is 24.8. The maximum atomic E-state index is 4.69. The van der Waals surface area contributed by atoms with Crippen LogP contribution in [-0.2, 0) is 0 Å². The van der Waals surface area contributed by atoms with E-state index in [-0.39, 0.29) is 0 Å². The number of aromatic nitrogens is 9. The van der Waals surface area contributed by atoms with E-state index in [1.807, 2.05) is 129 Å². The van der Waals surface area contributed by atoms with Crippen LogP contribution in [0.1, 0.15) is 28.1 Å². The van der Waals surface area contributed by atoms with E-state index in [2.05, 4.69) is 406 Å². The molecule has 14 aromatic carbocycles. The second kappa shape index (κ2) is 39.8. The second-order valence-corrected chi connectivity index (χ2v) is 37.2. The molecule has 0 saturated carbocycles. The molecule has 5 heterocycles. The zero-order valence-electron chi connectivity index (χ0n) is 68.4. The van der Waals surface area contributed by atoms with E-state index in [0.717, 1.165) is 73.4 Å². The Bertz CT molecular complexity index is 5770. The van der Waals surface area contributed by atoms with E-state index in [0.29, 0.717) is 11.6 Å². The van der Waals surface area contributed by atoms with Gasteiger partial charge in [0.15, 0.2) is 33.6 Å². The van der Waals surface area contributed by atoms with Gasteiger partial charge >= 0.3 is 0 Å². The van der Waals surface area contributed by atoms with Crippen LogP contribution in [-0.4, -0.2) is 61.0 Å². The van der Waals surface area contributed by atoms with Gasteiger partial charge in [0.1, 0.15) is 12.2 Å².